The molecule has 178 valence electrons. The van der Waals surface area contributed by atoms with Crippen LogP contribution in [0.1, 0.15) is 76.5 Å². The molecular formula is C27H36N2O3S. The number of hydrogen-bond acceptors (Lipinski definition) is 6. The molecule has 1 heterocycles. The average Bonchev–Trinajstić information content (AvgIpc) is 3.34. The zero-order valence-electron chi connectivity index (χ0n) is 20.0. The van der Waals surface area contributed by atoms with Crippen LogP contribution in [0.3, 0.4) is 0 Å². The van der Waals surface area contributed by atoms with E-state index in [-0.39, 0.29) is 17.1 Å². The van der Waals surface area contributed by atoms with Crippen molar-refractivity contribution in [1.29, 1.82) is 0 Å². The van der Waals surface area contributed by atoms with Gasteiger partial charge in [0, 0.05) is 6.21 Å². The summed E-state index contributed by atoms with van der Waals surface area (Å²) in [6, 6.07) is 15.8. The number of unbranched alkanes of at least 4 members (excludes halogenated alkanes) is 5. The van der Waals surface area contributed by atoms with Gasteiger partial charge in [-0.25, -0.2) is 4.41 Å². The Morgan fingerprint density at radius 1 is 0.970 bits per heavy atom. The zero-order chi connectivity index (χ0) is 23.5. The van der Waals surface area contributed by atoms with Crippen molar-refractivity contribution in [2.75, 3.05) is 11.0 Å². The molecule has 0 saturated heterocycles. The van der Waals surface area contributed by atoms with E-state index in [1.54, 1.807) is 11.9 Å². The number of nitrogens with zero attached hydrogens (tertiary/aromatic N) is 2. The van der Waals surface area contributed by atoms with Gasteiger partial charge in [-0.1, -0.05) is 65.0 Å². The Hall–Kier alpha value is -2.47. The molecule has 1 aliphatic heterocycles. The smallest absolute Gasteiger partial charge is 0.314 e. The third-order valence-electron chi connectivity index (χ3n) is 5.79. The van der Waals surface area contributed by atoms with Gasteiger partial charge in [0.25, 0.3) is 0 Å². The second kappa shape index (κ2) is 13.3. The highest BCUT2D eigenvalue weighted by molar-refractivity contribution is 8.01. The summed E-state index contributed by atoms with van der Waals surface area (Å²) in [4.78, 5) is 12.0. The molecule has 0 N–H and O–H groups in total. The van der Waals surface area contributed by atoms with E-state index in [2.05, 4.69) is 12.0 Å². The van der Waals surface area contributed by atoms with E-state index in [1.165, 1.54) is 32.1 Å². The van der Waals surface area contributed by atoms with Crippen LogP contribution in [0.2, 0.25) is 0 Å². The van der Waals surface area contributed by atoms with Crippen LogP contribution in [0.25, 0.3) is 0 Å². The molecule has 2 aromatic rings. The number of carbonyl (C=O) groups excluding carboxylic acids is 1. The van der Waals surface area contributed by atoms with Gasteiger partial charge in [-0.3, -0.25) is 4.79 Å². The predicted molar refractivity (Wildman–Crippen MR) is 138 cm³/mol. The van der Waals surface area contributed by atoms with Gasteiger partial charge in [0.2, 0.25) is 0 Å². The lowest BCUT2D eigenvalue weighted by Gasteiger charge is -2.16. The van der Waals surface area contributed by atoms with Crippen molar-refractivity contribution in [1.82, 2.24) is 0 Å². The van der Waals surface area contributed by atoms with E-state index in [9.17, 15) is 4.79 Å². The van der Waals surface area contributed by atoms with Crippen LogP contribution in [0, 0.1) is 5.92 Å². The topological polar surface area (TPSA) is 51.1 Å². The Balaban J connectivity index is 1.44. The summed E-state index contributed by atoms with van der Waals surface area (Å²) in [5, 5.41) is 4.67. The highest BCUT2D eigenvalue weighted by atomic mass is 32.2. The highest BCUT2D eigenvalue weighted by Gasteiger charge is 2.22. The lowest BCUT2D eigenvalue weighted by molar-refractivity contribution is -0.138. The molecule has 3 rings (SSSR count). The molecule has 0 bridgehead atoms. The fourth-order valence-corrected chi connectivity index (χ4v) is 4.36. The van der Waals surface area contributed by atoms with Gasteiger partial charge in [-0.2, -0.15) is 5.10 Å². The van der Waals surface area contributed by atoms with Crippen molar-refractivity contribution in [3.63, 3.8) is 0 Å². The van der Waals surface area contributed by atoms with E-state index >= 15 is 0 Å². The minimum Gasteiger partial charge on any atom is -0.494 e. The molecule has 33 heavy (non-hydrogen) atoms. The summed E-state index contributed by atoms with van der Waals surface area (Å²) in [6.45, 7) is 6.87. The summed E-state index contributed by atoms with van der Waals surface area (Å²) >= 11 is 1.64. The van der Waals surface area contributed by atoms with Crippen LogP contribution in [-0.2, 0) is 4.79 Å². The number of esters is 1. The number of rotatable bonds is 13. The molecule has 0 aliphatic carbocycles. The maximum Gasteiger partial charge on any atom is 0.314 e. The molecule has 2 aromatic carbocycles. The first kappa shape index (κ1) is 25.2. The number of carbonyl (C=O) groups is 1. The SMILES string of the molecule is CCCCCCCCOc1ccc(N2N=CC(c3ccc(OC(=O)[C@@H](C)CC)cc3)S2)cc1. The standard InChI is InChI=1S/C27H36N2O3S/c1-4-6-7-8-9-10-19-31-24-17-13-23(14-18-24)29-28-20-26(33-29)22-11-15-25(16-12-22)32-27(30)21(3)5-2/h11-18,20-21,26H,4-10,19H2,1-3H3/t21-,26?/m0/s1. The summed E-state index contributed by atoms with van der Waals surface area (Å²) in [5.41, 5.74) is 2.14. The van der Waals surface area contributed by atoms with Crippen molar-refractivity contribution in [2.45, 2.75) is 71.0 Å². The highest BCUT2D eigenvalue weighted by Crippen LogP contribution is 2.39. The normalized spacial score (nSPS) is 16.1. The van der Waals surface area contributed by atoms with Gasteiger partial charge in [0.05, 0.1) is 23.5 Å². The Bertz CT molecular complexity index is 883. The molecule has 2 atom stereocenters. The molecule has 0 amide bonds. The Kier molecular flexibility index (Phi) is 10.1. The van der Waals surface area contributed by atoms with Gasteiger partial charge in [-0.15, -0.1) is 0 Å². The van der Waals surface area contributed by atoms with Crippen LogP contribution in [-0.4, -0.2) is 18.8 Å². The molecule has 6 heteroatoms. The zero-order valence-corrected chi connectivity index (χ0v) is 20.9. The Morgan fingerprint density at radius 2 is 1.64 bits per heavy atom. The largest absolute Gasteiger partial charge is 0.494 e. The number of ether oxygens (including phenoxy) is 2. The first-order chi connectivity index (χ1) is 16.1. The Morgan fingerprint density at radius 3 is 2.33 bits per heavy atom. The third kappa shape index (κ3) is 7.81. The second-order valence-electron chi connectivity index (χ2n) is 8.47. The van der Waals surface area contributed by atoms with Crippen LogP contribution >= 0.6 is 11.9 Å². The van der Waals surface area contributed by atoms with Crippen LogP contribution < -0.4 is 13.9 Å². The van der Waals surface area contributed by atoms with Crippen molar-refractivity contribution in [3.05, 3.63) is 54.1 Å². The Labute approximate surface area is 202 Å². The number of benzene rings is 2. The average molecular weight is 469 g/mol. The molecule has 0 fully saturated rings. The summed E-state index contributed by atoms with van der Waals surface area (Å²) in [6.07, 6.45) is 10.3. The summed E-state index contributed by atoms with van der Waals surface area (Å²) in [5.74, 6) is 1.20. The van der Waals surface area contributed by atoms with Crippen LogP contribution in [0.5, 0.6) is 11.5 Å². The molecular weight excluding hydrogens is 432 g/mol. The summed E-state index contributed by atoms with van der Waals surface area (Å²) in [7, 11) is 0. The minimum atomic E-state index is -0.187. The number of anilines is 1. The van der Waals surface area contributed by atoms with E-state index < -0.39 is 0 Å². The monoisotopic (exact) mass is 468 g/mol. The maximum absolute atomic E-state index is 12.0. The van der Waals surface area contributed by atoms with Gasteiger partial charge in [-0.05, 0) is 66.8 Å². The fraction of sp³-hybridized carbons (Fsp3) is 0.481. The number of hydrogen-bond donors (Lipinski definition) is 0. The van der Waals surface area contributed by atoms with Gasteiger partial charge < -0.3 is 9.47 Å². The van der Waals surface area contributed by atoms with E-state index in [0.717, 1.165) is 36.4 Å². The van der Waals surface area contributed by atoms with E-state index in [4.69, 9.17) is 9.47 Å². The van der Waals surface area contributed by atoms with Crippen LogP contribution in [0.15, 0.2) is 53.6 Å². The number of hydrazone groups is 1. The van der Waals surface area contributed by atoms with Gasteiger partial charge in [0.1, 0.15) is 11.5 Å². The molecule has 0 aromatic heterocycles. The third-order valence-corrected chi connectivity index (χ3v) is 6.91. The van der Waals surface area contributed by atoms with E-state index in [1.807, 2.05) is 73.0 Å². The predicted octanol–water partition coefficient (Wildman–Crippen LogP) is 7.57. The molecule has 5 nitrogen and oxygen atoms in total. The molecule has 0 saturated carbocycles. The second-order valence-corrected chi connectivity index (χ2v) is 9.54. The van der Waals surface area contributed by atoms with Crippen molar-refractivity contribution in [2.24, 2.45) is 11.0 Å². The lowest BCUT2D eigenvalue weighted by Crippen LogP contribution is -2.16. The minimum absolute atomic E-state index is 0.0944. The van der Waals surface area contributed by atoms with Gasteiger partial charge in [0.15, 0.2) is 0 Å². The molecule has 1 aliphatic rings. The quantitative estimate of drug-likeness (QED) is 0.131. The van der Waals surface area contributed by atoms with Crippen molar-refractivity contribution < 1.29 is 14.3 Å². The van der Waals surface area contributed by atoms with Crippen molar-refractivity contribution >= 4 is 29.8 Å². The lowest BCUT2D eigenvalue weighted by atomic mass is 10.1. The fourth-order valence-electron chi connectivity index (χ4n) is 3.41. The first-order valence-corrected chi connectivity index (χ1v) is 13.0. The molecule has 1 unspecified atom stereocenters. The van der Waals surface area contributed by atoms with Crippen LogP contribution in [0.4, 0.5) is 5.69 Å². The summed E-state index contributed by atoms with van der Waals surface area (Å²) < 4.78 is 13.3. The van der Waals surface area contributed by atoms with Crippen molar-refractivity contribution in [3.8, 4) is 11.5 Å². The van der Waals surface area contributed by atoms with Gasteiger partial charge >= 0.3 is 5.97 Å². The maximum atomic E-state index is 12.0. The molecule has 0 spiro atoms. The van der Waals surface area contributed by atoms with E-state index in [0.29, 0.717) is 5.75 Å². The molecule has 0 radical (unpaired) electrons. The first-order valence-electron chi connectivity index (χ1n) is 12.2.